The van der Waals surface area contributed by atoms with Gasteiger partial charge in [-0.25, -0.2) is 22.9 Å². The highest BCUT2D eigenvalue weighted by atomic mass is 32.2. The van der Waals surface area contributed by atoms with E-state index in [-0.39, 0.29) is 11.8 Å². The van der Waals surface area contributed by atoms with Gasteiger partial charge in [0.15, 0.2) is 0 Å². The van der Waals surface area contributed by atoms with Crippen molar-refractivity contribution < 1.29 is 13.2 Å². The van der Waals surface area contributed by atoms with Gasteiger partial charge in [0.25, 0.3) is 0 Å². The monoisotopic (exact) mass is 368 g/mol. The van der Waals surface area contributed by atoms with E-state index < -0.39 is 10.0 Å². The molecule has 0 unspecified atom stereocenters. The number of urea groups is 1. The van der Waals surface area contributed by atoms with Gasteiger partial charge >= 0.3 is 6.03 Å². The summed E-state index contributed by atoms with van der Waals surface area (Å²) in [6, 6.07) is 6.79. The zero-order valence-electron chi connectivity index (χ0n) is 13.5. The molecule has 7 nitrogen and oxygen atoms in total. The number of sulfonamides is 1. The highest BCUT2D eigenvalue weighted by molar-refractivity contribution is 7.88. The first-order valence-electron chi connectivity index (χ1n) is 7.30. The van der Waals surface area contributed by atoms with Crippen molar-refractivity contribution in [1.29, 1.82) is 0 Å². The van der Waals surface area contributed by atoms with Crippen molar-refractivity contribution in [3.63, 3.8) is 0 Å². The van der Waals surface area contributed by atoms with Crippen molar-refractivity contribution in [2.75, 3.05) is 7.05 Å². The van der Waals surface area contributed by atoms with Crippen molar-refractivity contribution in [2.24, 2.45) is 0 Å². The van der Waals surface area contributed by atoms with E-state index in [1.54, 1.807) is 35.6 Å². The number of hydrogen-bond donors (Lipinski definition) is 3. The third-order valence-corrected chi connectivity index (χ3v) is 5.40. The molecule has 0 saturated carbocycles. The minimum atomic E-state index is -3.28. The first-order chi connectivity index (χ1) is 11.4. The van der Waals surface area contributed by atoms with E-state index in [0.29, 0.717) is 18.7 Å². The lowest BCUT2D eigenvalue weighted by Gasteiger charge is -2.08. The first-order valence-corrected chi connectivity index (χ1v) is 9.83. The van der Waals surface area contributed by atoms with Crippen molar-refractivity contribution in [2.45, 2.75) is 25.8 Å². The molecule has 2 rings (SSSR count). The van der Waals surface area contributed by atoms with Crippen LogP contribution < -0.4 is 15.4 Å². The highest BCUT2D eigenvalue weighted by Crippen LogP contribution is 2.08. The standard InChI is InChI=1S/C15H20N4O3S2/c1-11-19-14(9-23-11)8-18-15(20)17-7-12-3-5-13(6-4-12)10-24(21,22)16-2/h3-6,9,16H,7-8,10H2,1-2H3,(H2,17,18,20). The van der Waals surface area contributed by atoms with Crippen LogP contribution in [-0.2, 0) is 28.9 Å². The summed E-state index contributed by atoms with van der Waals surface area (Å²) in [6.07, 6.45) is 0. The van der Waals surface area contributed by atoms with Crippen LogP contribution in [0.2, 0.25) is 0 Å². The molecule has 1 aromatic heterocycles. The van der Waals surface area contributed by atoms with Crippen LogP contribution in [0.3, 0.4) is 0 Å². The summed E-state index contributed by atoms with van der Waals surface area (Å²) in [5.41, 5.74) is 2.42. The molecule has 2 aromatic rings. The largest absolute Gasteiger partial charge is 0.334 e. The van der Waals surface area contributed by atoms with E-state index in [1.165, 1.54) is 7.05 Å². The van der Waals surface area contributed by atoms with Gasteiger partial charge in [0, 0.05) is 11.9 Å². The highest BCUT2D eigenvalue weighted by Gasteiger charge is 2.08. The quantitative estimate of drug-likeness (QED) is 0.689. The summed E-state index contributed by atoms with van der Waals surface area (Å²) >= 11 is 1.54. The number of nitrogens with zero attached hydrogens (tertiary/aromatic N) is 1. The van der Waals surface area contributed by atoms with Crippen LogP contribution in [0.1, 0.15) is 21.8 Å². The van der Waals surface area contributed by atoms with Crippen LogP contribution in [0.4, 0.5) is 4.79 Å². The number of benzene rings is 1. The maximum atomic E-state index is 11.8. The van der Waals surface area contributed by atoms with E-state index in [4.69, 9.17) is 0 Å². The molecular weight excluding hydrogens is 348 g/mol. The van der Waals surface area contributed by atoms with Gasteiger partial charge in [-0.05, 0) is 25.1 Å². The van der Waals surface area contributed by atoms with Crippen molar-refractivity contribution >= 4 is 27.4 Å². The van der Waals surface area contributed by atoms with E-state index >= 15 is 0 Å². The Morgan fingerprint density at radius 3 is 2.33 bits per heavy atom. The molecule has 1 heterocycles. The molecule has 2 amide bonds. The zero-order valence-corrected chi connectivity index (χ0v) is 15.1. The van der Waals surface area contributed by atoms with Gasteiger partial charge in [0.2, 0.25) is 10.0 Å². The average molecular weight is 368 g/mol. The van der Waals surface area contributed by atoms with Crippen LogP contribution in [0.25, 0.3) is 0 Å². The number of nitrogens with one attached hydrogen (secondary N) is 3. The summed E-state index contributed by atoms with van der Waals surface area (Å²) in [6.45, 7) is 2.66. The van der Waals surface area contributed by atoms with Gasteiger partial charge < -0.3 is 10.6 Å². The Bertz CT molecular complexity index is 785. The molecule has 0 aliphatic heterocycles. The van der Waals surface area contributed by atoms with Crippen LogP contribution >= 0.6 is 11.3 Å². The van der Waals surface area contributed by atoms with Gasteiger partial charge in [0.05, 0.1) is 23.0 Å². The molecule has 9 heteroatoms. The normalized spacial score (nSPS) is 11.2. The smallest absolute Gasteiger partial charge is 0.315 e. The third-order valence-electron chi connectivity index (χ3n) is 3.24. The second kappa shape index (κ2) is 8.22. The lowest BCUT2D eigenvalue weighted by Crippen LogP contribution is -2.34. The molecule has 0 bridgehead atoms. The molecule has 0 spiro atoms. The Morgan fingerprint density at radius 1 is 1.12 bits per heavy atom. The third kappa shape index (κ3) is 5.91. The minimum absolute atomic E-state index is 0.0647. The number of thiazole rings is 1. The predicted octanol–water partition coefficient (Wildman–Crippen LogP) is 1.50. The van der Waals surface area contributed by atoms with Gasteiger partial charge in [0.1, 0.15) is 0 Å². The molecule has 130 valence electrons. The summed E-state index contributed by atoms with van der Waals surface area (Å²) in [4.78, 5) is 16.0. The van der Waals surface area contributed by atoms with E-state index in [9.17, 15) is 13.2 Å². The van der Waals surface area contributed by atoms with Crippen LogP contribution in [0, 0.1) is 6.92 Å². The van der Waals surface area contributed by atoms with Gasteiger partial charge in [-0.1, -0.05) is 24.3 Å². The fourth-order valence-electron chi connectivity index (χ4n) is 1.95. The second-order valence-corrected chi connectivity index (χ2v) is 8.16. The number of hydrogen-bond acceptors (Lipinski definition) is 5. The first kappa shape index (κ1) is 18.4. The van der Waals surface area contributed by atoms with Crippen molar-refractivity contribution in [1.82, 2.24) is 20.3 Å². The van der Waals surface area contributed by atoms with Crippen LogP contribution in [0.15, 0.2) is 29.6 Å². The number of carbonyl (C=O) groups is 1. The van der Waals surface area contributed by atoms with Gasteiger partial charge in [-0.15, -0.1) is 11.3 Å². The molecule has 24 heavy (non-hydrogen) atoms. The second-order valence-electron chi connectivity index (χ2n) is 5.17. The van der Waals surface area contributed by atoms with E-state index in [1.807, 2.05) is 12.3 Å². The molecule has 0 atom stereocenters. The number of carbonyl (C=O) groups excluding carboxylic acids is 1. The Balaban J connectivity index is 1.78. The molecule has 0 fully saturated rings. The van der Waals surface area contributed by atoms with Gasteiger partial charge in [-0.2, -0.15) is 0 Å². The maximum absolute atomic E-state index is 11.8. The molecule has 1 aromatic carbocycles. The zero-order chi connectivity index (χ0) is 17.6. The van der Waals surface area contributed by atoms with Gasteiger partial charge in [-0.3, -0.25) is 0 Å². The summed E-state index contributed by atoms with van der Waals surface area (Å²) in [7, 11) is -1.89. The summed E-state index contributed by atoms with van der Waals surface area (Å²) in [5, 5.41) is 8.36. The molecule has 0 aliphatic carbocycles. The van der Waals surface area contributed by atoms with E-state index in [2.05, 4.69) is 20.3 Å². The van der Waals surface area contributed by atoms with Crippen LogP contribution in [0.5, 0.6) is 0 Å². The summed E-state index contributed by atoms with van der Waals surface area (Å²) < 4.78 is 25.2. The lowest BCUT2D eigenvalue weighted by molar-refractivity contribution is 0.240. The number of aromatic nitrogens is 1. The molecule has 0 radical (unpaired) electrons. The van der Waals surface area contributed by atoms with Crippen LogP contribution in [-0.4, -0.2) is 26.5 Å². The Morgan fingerprint density at radius 2 is 1.75 bits per heavy atom. The van der Waals surface area contributed by atoms with E-state index in [0.717, 1.165) is 16.3 Å². The van der Waals surface area contributed by atoms with Crippen molar-refractivity contribution in [3.8, 4) is 0 Å². The fraction of sp³-hybridized carbons (Fsp3) is 0.333. The number of rotatable bonds is 7. The fourth-order valence-corrected chi connectivity index (χ4v) is 3.34. The summed E-state index contributed by atoms with van der Waals surface area (Å²) in [5.74, 6) is -0.0647. The molecular formula is C15H20N4O3S2. The topological polar surface area (TPSA) is 100 Å². The number of aryl methyl sites for hydroxylation is 1. The number of amides is 2. The Labute approximate surface area is 145 Å². The maximum Gasteiger partial charge on any atom is 0.315 e. The molecule has 3 N–H and O–H groups in total. The minimum Gasteiger partial charge on any atom is -0.334 e. The SMILES string of the molecule is CNS(=O)(=O)Cc1ccc(CNC(=O)NCc2csc(C)n2)cc1. The molecule has 0 aliphatic rings. The predicted molar refractivity (Wildman–Crippen MR) is 94.1 cm³/mol. The van der Waals surface area contributed by atoms with Crippen molar-refractivity contribution in [3.05, 3.63) is 51.5 Å². The average Bonchev–Trinajstić information content (AvgIpc) is 2.97. The Kier molecular flexibility index (Phi) is 6.29. The molecule has 0 saturated heterocycles. The Hall–Kier alpha value is -1.97. The lowest BCUT2D eigenvalue weighted by atomic mass is 10.1.